The lowest BCUT2D eigenvalue weighted by atomic mass is 10.1. The van der Waals surface area contributed by atoms with Crippen LogP contribution in [-0.4, -0.2) is 23.1 Å². The van der Waals surface area contributed by atoms with E-state index in [2.05, 4.69) is 10.5 Å². The molecular formula is C22H21N3O5. The number of furan rings is 1. The molecule has 3 rings (SSSR count). The molecule has 1 aromatic heterocycles. The smallest absolute Gasteiger partial charge is 0.280 e. The van der Waals surface area contributed by atoms with Crippen LogP contribution in [0.15, 0.2) is 64.1 Å². The van der Waals surface area contributed by atoms with Crippen LogP contribution in [0.5, 0.6) is 5.75 Å². The highest BCUT2D eigenvalue weighted by molar-refractivity contribution is 5.83. The van der Waals surface area contributed by atoms with Gasteiger partial charge >= 0.3 is 0 Å². The minimum absolute atomic E-state index is 0.0166. The zero-order valence-electron chi connectivity index (χ0n) is 16.8. The molecule has 8 heteroatoms. The Morgan fingerprint density at radius 3 is 2.67 bits per heavy atom. The van der Waals surface area contributed by atoms with Crippen molar-refractivity contribution < 1.29 is 18.9 Å². The van der Waals surface area contributed by atoms with E-state index in [1.165, 1.54) is 18.3 Å². The van der Waals surface area contributed by atoms with Gasteiger partial charge in [-0.3, -0.25) is 14.9 Å². The van der Waals surface area contributed by atoms with Crippen molar-refractivity contribution in [3.63, 3.8) is 0 Å². The molecule has 0 aliphatic rings. The number of rotatable bonds is 7. The van der Waals surface area contributed by atoms with Crippen molar-refractivity contribution in [2.24, 2.45) is 5.10 Å². The van der Waals surface area contributed by atoms with Crippen molar-refractivity contribution in [1.82, 2.24) is 5.43 Å². The van der Waals surface area contributed by atoms with Gasteiger partial charge in [0.05, 0.1) is 11.1 Å². The fourth-order valence-electron chi connectivity index (χ4n) is 2.74. The van der Waals surface area contributed by atoms with Gasteiger partial charge in [-0.05, 0) is 50.1 Å². The average molecular weight is 407 g/mol. The number of para-hydroxylation sites is 1. The Morgan fingerprint density at radius 2 is 1.93 bits per heavy atom. The number of nitrogens with zero attached hydrogens (tertiary/aromatic N) is 2. The number of hydrazone groups is 1. The number of non-ortho nitro benzene ring substituents is 1. The number of nitrogens with one attached hydrogen (secondary N) is 1. The SMILES string of the molecule is Cc1ccccc1OC(C)C(=O)NN=Cc1ccc(-c2cc([N+](=O)[O-])ccc2C)o1. The molecule has 1 unspecified atom stereocenters. The largest absolute Gasteiger partial charge is 0.481 e. The summed E-state index contributed by atoms with van der Waals surface area (Å²) in [6, 6.07) is 15.3. The summed E-state index contributed by atoms with van der Waals surface area (Å²) in [5, 5.41) is 14.9. The quantitative estimate of drug-likeness (QED) is 0.355. The second-order valence-corrected chi connectivity index (χ2v) is 6.72. The summed E-state index contributed by atoms with van der Waals surface area (Å²) >= 11 is 0. The highest BCUT2D eigenvalue weighted by atomic mass is 16.6. The summed E-state index contributed by atoms with van der Waals surface area (Å²) in [4.78, 5) is 22.7. The van der Waals surface area contributed by atoms with E-state index in [1.807, 2.05) is 32.0 Å². The molecule has 0 radical (unpaired) electrons. The van der Waals surface area contributed by atoms with Gasteiger partial charge in [-0.1, -0.05) is 24.3 Å². The number of hydrogen-bond acceptors (Lipinski definition) is 6. The van der Waals surface area contributed by atoms with Gasteiger partial charge in [0.1, 0.15) is 17.3 Å². The molecule has 2 aromatic carbocycles. The van der Waals surface area contributed by atoms with Crippen molar-refractivity contribution in [2.45, 2.75) is 26.9 Å². The molecule has 1 atom stereocenters. The molecule has 0 bridgehead atoms. The van der Waals surface area contributed by atoms with Crippen LogP contribution in [0.3, 0.4) is 0 Å². The fourth-order valence-corrected chi connectivity index (χ4v) is 2.74. The summed E-state index contributed by atoms with van der Waals surface area (Å²) < 4.78 is 11.3. The van der Waals surface area contributed by atoms with Crippen molar-refractivity contribution >= 4 is 17.8 Å². The van der Waals surface area contributed by atoms with Crippen LogP contribution in [0, 0.1) is 24.0 Å². The number of hydrogen-bond donors (Lipinski definition) is 1. The summed E-state index contributed by atoms with van der Waals surface area (Å²) in [7, 11) is 0. The van der Waals surface area contributed by atoms with E-state index in [0.717, 1.165) is 11.1 Å². The van der Waals surface area contributed by atoms with Crippen LogP contribution in [0.4, 0.5) is 5.69 Å². The van der Waals surface area contributed by atoms with Gasteiger partial charge in [0.25, 0.3) is 11.6 Å². The van der Waals surface area contributed by atoms with E-state index < -0.39 is 16.9 Å². The number of benzene rings is 2. The highest BCUT2D eigenvalue weighted by Gasteiger charge is 2.15. The third kappa shape index (κ3) is 4.91. The molecule has 1 amide bonds. The molecule has 154 valence electrons. The predicted molar refractivity (Wildman–Crippen MR) is 113 cm³/mol. The summed E-state index contributed by atoms with van der Waals surface area (Å²) in [5.74, 6) is 1.09. The van der Waals surface area contributed by atoms with Crippen molar-refractivity contribution in [2.75, 3.05) is 0 Å². The van der Waals surface area contributed by atoms with E-state index in [0.29, 0.717) is 22.8 Å². The predicted octanol–water partition coefficient (Wildman–Crippen LogP) is 4.39. The number of carbonyl (C=O) groups is 1. The Balaban J connectivity index is 1.63. The maximum Gasteiger partial charge on any atom is 0.280 e. The van der Waals surface area contributed by atoms with E-state index in [-0.39, 0.29) is 5.69 Å². The Hall–Kier alpha value is -3.94. The lowest BCUT2D eigenvalue weighted by molar-refractivity contribution is -0.384. The molecule has 1 heterocycles. The van der Waals surface area contributed by atoms with Crippen molar-refractivity contribution in [1.29, 1.82) is 0 Å². The minimum atomic E-state index is -0.733. The van der Waals surface area contributed by atoms with Crippen LogP contribution in [0.2, 0.25) is 0 Å². The topological polar surface area (TPSA) is 107 Å². The monoisotopic (exact) mass is 407 g/mol. The first-order valence-corrected chi connectivity index (χ1v) is 9.25. The van der Waals surface area contributed by atoms with Gasteiger partial charge in [0.15, 0.2) is 6.10 Å². The number of nitro benzene ring substituents is 1. The van der Waals surface area contributed by atoms with Crippen LogP contribution in [-0.2, 0) is 4.79 Å². The van der Waals surface area contributed by atoms with E-state index in [4.69, 9.17) is 9.15 Å². The second kappa shape index (κ2) is 9.04. The maximum absolute atomic E-state index is 12.2. The first-order chi connectivity index (χ1) is 14.3. The van der Waals surface area contributed by atoms with E-state index >= 15 is 0 Å². The maximum atomic E-state index is 12.2. The zero-order valence-corrected chi connectivity index (χ0v) is 16.8. The zero-order chi connectivity index (χ0) is 21.7. The average Bonchev–Trinajstić information content (AvgIpc) is 3.18. The first-order valence-electron chi connectivity index (χ1n) is 9.25. The third-order valence-electron chi connectivity index (χ3n) is 4.46. The number of carbonyl (C=O) groups excluding carboxylic acids is 1. The van der Waals surface area contributed by atoms with Crippen LogP contribution in [0.25, 0.3) is 11.3 Å². The van der Waals surface area contributed by atoms with Gasteiger partial charge in [-0.25, -0.2) is 5.43 Å². The molecular weight excluding hydrogens is 386 g/mol. The molecule has 0 aliphatic heterocycles. The summed E-state index contributed by atoms with van der Waals surface area (Å²) in [6.45, 7) is 5.37. The standard InChI is InChI=1S/C22H21N3O5/c1-14-8-9-17(25(27)28)12-19(14)21-11-10-18(30-21)13-23-24-22(26)16(3)29-20-7-5-4-6-15(20)2/h4-13,16H,1-3H3,(H,24,26). The Bertz CT molecular complexity index is 1100. The number of aryl methyl sites for hydroxylation is 2. The molecule has 0 saturated carbocycles. The van der Waals surface area contributed by atoms with Gasteiger partial charge in [0, 0.05) is 17.7 Å². The lowest BCUT2D eigenvalue weighted by Gasteiger charge is -2.14. The van der Waals surface area contributed by atoms with E-state index in [9.17, 15) is 14.9 Å². The Morgan fingerprint density at radius 1 is 1.17 bits per heavy atom. The Labute approximate surface area is 173 Å². The molecule has 1 N–H and O–H groups in total. The van der Waals surface area contributed by atoms with E-state index in [1.54, 1.807) is 31.2 Å². The minimum Gasteiger partial charge on any atom is -0.481 e. The second-order valence-electron chi connectivity index (χ2n) is 6.72. The summed E-state index contributed by atoms with van der Waals surface area (Å²) in [5.41, 5.74) is 4.79. The van der Waals surface area contributed by atoms with Crippen LogP contribution >= 0.6 is 0 Å². The molecule has 0 fully saturated rings. The number of ether oxygens (including phenoxy) is 1. The molecule has 3 aromatic rings. The van der Waals surface area contributed by atoms with Crippen molar-refractivity contribution in [3.05, 3.63) is 81.6 Å². The number of amides is 1. The van der Waals surface area contributed by atoms with Crippen LogP contribution in [0.1, 0.15) is 23.8 Å². The molecule has 0 aliphatic carbocycles. The lowest BCUT2D eigenvalue weighted by Crippen LogP contribution is -2.33. The fraction of sp³-hybridized carbons (Fsp3) is 0.182. The van der Waals surface area contributed by atoms with Crippen molar-refractivity contribution in [3.8, 4) is 17.1 Å². The Kier molecular flexibility index (Phi) is 6.26. The number of nitro groups is 1. The van der Waals surface area contributed by atoms with Gasteiger partial charge in [-0.2, -0.15) is 5.10 Å². The third-order valence-corrected chi connectivity index (χ3v) is 4.46. The molecule has 0 saturated heterocycles. The molecule has 8 nitrogen and oxygen atoms in total. The molecule has 0 spiro atoms. The first kappa shape index (κ1) is 20.8. The van der Waals surface area contributed by atoms with Gasteiger partial charge < -0.3 is 9.15 Å². The van der Waals surface area contributed by atoms with Crippen LogP contribution < -0.4 is 10.2 Å². The normalized spacial score (nSPS) is 12.0. The molecule has 30 heavy (non-hydrogen) atoms. The van der Waals surface area contributed by atoms with Gasteiger partial charge in [0.2, 0.25) is 0 Å². The van der Waals surface area contributed by atoms with Gasteiger partial charge in [-0.15, -0.1) is 0 Å². The summed E-state index contributed by atoms with van der Waals surface area (Å²) in [6.07, 6.45) is 0.622. The highest BCUT2D eigenvalue weighted by Crippen LogP contribution is 2.28.